The van der Waals surface area contributed by atoms with Crippen LogP contribution in [0.3, 0.4) is 0 Å². The first-order chi connectivity index (χ1) is 3.93. The smallest absolute Gasteiger partial charge is 0.0616 e. The van der Waals surface area contributed by atoms with Gasteiger partial charge in [-0.3, -0.25) is 0 Å². The van der Waals surface area contributed by atoms with Crippen LogP contribution in [-0.2, 0) is 42.2 Å². The molecule has 1 fully saturated rings. The largest absolute Gasteiger partial charge is 0.520 e. The van der Waals surface area contributed by atoms with Crippen LogP contribution in [0.2, 0.25) is 0 Å². The van der Waals surface area contributed by atoms with Crippen molar-refractivity contribution >= 4 is 6.41 Å². The molecular formula is C5H8NO2Y-. The van der Waals surface area contributed by atoms with Crippen LogP contribution >= 0.6 is 0 Å². The summed E-state index contributed by atoms with van der Waals surface area (Å²) in [4.78, 5) is 11.5. The van der Waals surface area contributed by atoms with Crippen molar-refractivity contribution in [2.45, 2.75) is 0 Å². The number of rotatable bonds is 1. The van der Waals surface area contributed by atoms with Gasteiger partial charge >= 0.3 is 0 Å². The fourth-order valence-electron chi connectivity index (χ4n) is 0.655. The Kier molecular flexibility index (Phi) is 5.65. The van der Waals surface area contributed by atoms with Crippen molar-refractivity contribution < 1.29 is 42.2 Å². The van der Waals surface area contributed by atoms with Gasteiger partial charge in [0.25, 0.3) is 0 Å². The molecule has 0 aromatic rings. The predicted octanol–water partition coefficient (Wildman–Crippen LogP) is -0.617. The Balaban J connectivity index is 0.000000640. The summed E-state index contributed by atoms with van der Waals surface area (Å²) in [6.07, 6.45) is 1.81. The molecule has 1 aliphatic heterocycles. The van der Waals surface area contributed by atoms with E-state index < -0.39 is 0 Å². The molecule has 1 heterocycles. The number of hydrogen-bond acceptors (Lipinski definition) is 2. The molecule has 1 radical (unpaired) electrons. The number of amides is 1. The van der Waals surface area contributed by atoms with Crippen LogP contribution in [-0.4, -0.2) is 37.6 Å². The maximum atomic E-state index is 9.91. The predicted molar refractivity (Wildman–Crippen MR) is 28.1 cm³/mol. The Morgan fingerprint density at radius 1 is 1.33 bits per heavy atom. The van der Waals surface area contributed by atoms with Gasteiger partial charge < -0.3 is 14.4 Å². The molecule has 0 aliphatic carbocycles. The number of ether oxygens (including phenoxy) is 1. The summed E-state index contributed by atoms with van der Waals surface area (Å²) in [5, 5.41) is 0. The van der Waals surface area contributed by atoms with Crippen molar-refractivity contribution in [1.82, 2.24) is 4.90 Å². The zero-order valence-electron chi connectivity index (χ0n) is 5.17. The SMILES string of the molecule is O=[C-]N1CCOCC1.[Y]. The van der Waals surface area contributed by atoms with E-state index in [1.165, 1.54) is 0 Å². The van der Waals surface area contributed by atoms with Crippen LogP contribution in [0, 0.1) is 0 Å². The quantitative estimate of drug-likeness (QED) is 0.531. The van der Waals surface area contributed by atoms with Gasteiger partial charge in [-0.1, -0.05) is 0 Å². The number of morpholine rings is 1. The molecule has 49 valence electrons. The van der Waals surface area contributed by atoms with Crippen LogP contribution < -0.4 is 0 Å². The third kappa shape index (κ3) is 3.28. The van der Waals surface area contributed by atoms with Gasteiger partial charge in [0.1, 0.15) is 0 Å². The summed E-state index contributed by atoms with van der Waals surface area (Å²) < 4.78 is 4.98. The third-order valence-corrected chi connectivity index (χ3v) is 1.14. The molecule has 0 unspecified atom stereocenters. The van der Waals surface area contributed by atoms with E-state index >= 15 is 0 Å². The van der Waals surface area contributed by atoms with Crippen molar-refractivity contribution in [2.75, 3.05) is 26.3 Å². The topological polar surface area (TPSA) is 29.5 Å². The average molecular weight is 203 g/mol. The van der Waals surface area contributed by atoms with Crippen LogP contribution in [0.5, 0.6) is 0 Å². The summed E-state index contributed by atoms with van der Waals surface area (Å²) in [7, 11) is 0. The molecule has 0 aromatic heterocycles. The summed E-state index contributed by atoms with van der Waals surface area (Å²) in [6.45, 7) is 2.72. The molecule has 1 saturated heterocycles. The maximum absolute atomic E-state index is 9.91. The average Bonchev–Trinajstić information content (AvgIpc) is 1.90. The number of nitrogens with zero attached hydrogens (tertiary/aromatic N) is 1. The standard InChI is InChI=1S/C5H8NO2.Y/c7-5-6-1-3-8-4-2-6;/h1-4H2;/q-1;. The Bertz CT molecular complexity index is 83.0. The van der Waals surface area contributed by atoms with Gasteiger partial charge in [-0.25, -0.2) is 0 Å². The van der Waals surface area contributed by atoms with Crippen LogP contribution in [0.1, 0.15) is 0 Å². The van der Waals surface area contributed by atoms with Crippen LogP contribution in [0.25, 0.3) is 0 Å². The molecule has 3 nitrogen and oxygen atoms in total. The molecular weight excluding hydrogens is 195 g/mol. The molecule has 0 saturated carbocycles. The van der Waals surface area contributed by atoms with E-state index in [4.69, 9.17) is 4.74 Å². The molecule has 0 bridgehead atoms. The zero-order valence-corrected chi connectivity index (χ0v) is 8.01. The molecule has 4 heteroatoms. The fourth-order valence-corrected chi connectivity index (χ4v) is 0.655. The fraction of sp³-hybridized carbons (Fsp3) is 0.800. The zero-order chi connectivity index (χ0) is 5.82. The van der Waals surface area contributed by atoms with E-state index in [9.17, 15) is 4.79 Å². The molecule has 0 N–H and O–H groups in total. The number of hydrogen-bond donors (Lipinski definition) is 0. The van der Waals surface area contributed by atoms with Gasteiger partial charge in [-0.05, 0) is 0 Å². The summed E-state index contributed by atoms with van der Waals surface area (Å²) in [5.74, 6) is 0. The van der Waals surface area contributed by atoms with Gasteiger partial charge in [0.15, 0.2) is 0 Å². The Morgan fingerprint density at radius 2 is 1.89 bits per heavy atom. The van der Waals surface area contributed by atoms with Crippen molar-refractivity contribution in [3.8, 4) is 0 Å². The minimum absolute atomic E-state index is 0. The first kappa shape index (κ1) is 9.53. The van der Waals surface area contributed by atoms with E-state index in [0.717, 1.165) is 0 Å². The second-order valence-corrected chi connectivity index (χ2v) is 1.69. The molecule has 1 rings (SSSR count). The first-order valence-corrected chi connectivity index (χ1v) is 2.64. The molecule has 0 aromatic carbocycles. The second-order valence-electron chi connectivity index (χ2n) is 1.69. The van der Waals surface area contributed by atoms with Gasteiger partial charge in [0.2, 0.25) is 0 Å². The Labute approximate surface area is 79.6 Å². The second kappa shape index (κ2) is 5.33. The summed E-state index contributed by atoms with van der Waals surface area (Å²) in [6, 6.07) is 0. The Hall–Kier alpha value is 0.534. The third-order valence-electron chi connectivity index (χ3n) is 1.14. The molecule has 0 spiro atoms. The normalized spacial score (nSPS) is 18.4. The first-order valence-electron chi connectivity index (χ1n) is 2.64. The van der Waals surface area contributed by atoms with Crippen molar-refractivity contribution in [2.24, 2.45) is 0 Å². The van der Waals surface area contributed by atoms with Gasteiger partial charge in [-0.2, -0.15) is 6.41 Å². The Morgan fingerprint density at radius 3 is 2.22 bits per heavy atom. The van der Waals surface area contributed by atoms with E-state index in [1.54, 1.807) is 4.90 Å². The van der Waals surface area contributed by atoms with Gasteiger partial charge in [0, 0.05) is 45.8 Å². The number of carbonyl (C=O) groups excluding carboxylic acids is 1. The van der Waals surface area contributed by atoms with Crippen LogP contribution in [0.4, 0.5) is 0 Å². The van der Waals surface area contributed by atoms with E-state index in [1.807, 2.05) is 6.41 Å². The van der Waals surface area contributed by atoms with Crippen molar-refractivity contribution in [1.29, 1.82) is 0 Å². The molecule has 1 amide bonds. The van der Waals surface area contributed by atoms with Crippen molar-refractivity contribution in [3.05, 3.63) is 0 Å². The molecule has 1 aliphatic rings. The van der Waals surface area contributed by atoms with E-state index in [0.29, 0.717) is 26.3 Å². The van der Waals surface area contributed by atoms with E-state index in [-0.39, 0.29) is 32.7 Å². The van der Waals surface area contributed by atoms with E-state index in [2.05, 4.69) is 0 Å². The van der Waals surface area contributed by atoms with Crippen LogP contribution in [0.15, 0.2) is 0 Å². The summed E-state index contributed by atoms with van der Waals surface area (Å²) in [5.41, 5.74) is 0. The molecule has 0 atom stereocenters. The maximum Gasteiger partial charge on any atom is 0.0616 e. The molecule has 9 heavy (non-hydrogen) atoms. The van der Waals surface area contributed by atoms with Gasteiger partial charge in [-0.15, -0.1) is 0 Å². The minimum Gasteiger partial charge on any atom is -0.520 e. The van der Waals surface area contributed by atoms with Gasteiger partial charge in [0.05, 0.1) is 13.2 Å². The minimum atomic E-state index is 0. The monoisotopic (exact) mass is 203 g/mol. The van der Waals surface area contributed by atoms with Crippen molar-refractivity contribution in [3.63, 3.8) is 0 Å². The summed E-state index contributed by atoms with van der Waals surface area (Å²) >= 11 is 0.